The Kier molecular flexibility index (Phi) is 5.06. The molecule has 3 rings (SSSR count). The molecular formula is C21H19NO5. The van der Waals surface area contributed by atoms with E-state index in [0.29, 0.717) is 45.0 Å². The van der Waals surface area contributed by atoms with Gasteiger partial charge in [-0.05, 0) is 42.0 Å². The Morgan fingerprint density at radius 2 is 1.67 bits per heavy atom. The van der Waals surface area contributed by atoms with Crippen LogP contribution < -0.4 is 14.2 Å². The van der Waals surface area contributed by atoms with E-state index < -0.39 is 6.10 Å². The molecule has 0 bridgehead atoms. The van der Waals surface area contributed by atoms with Crippen LogP contribution in [0.25, 0.3) is 10.9 Å². The Balaban J connectivity index is 2.15. The number of hydrogen-bond donors (Lipinski definition) is 2. The molecule has 1 aromatic heterocycles. The number of benzene rings is 2. The molecule has 0 saturated heterocycles. The molecule has 0 amide bonds. The van der Waals surface area contributed by atoms with Crippen molar-refractivity contribution in [1.29, 1.82) is 0 Å². The number of aromatic hydroxyl groups is 1. The number of terminal acetylenes is 1. The minimum atomic E-state index is -1.07. The first-order valence-corrected chi connectivity index (χ1v) is 8.10. The monoisotopic (exact) mass is 365 g/mol. The lowest BCUT2D eigenvalue weighted by atomic mass is 10.0. The second-order valence-corrected chi connectivity index (χ2v) is 5.80. The van der Waals surface area contributed by atoms with Crippen LogP contribution >= 0.6 is 0 Å². The maximum atomic E-state index is 10.9. The van der Waals surface area contributed by atoms with Crippen LogP contribution in [0.5, 0.6) is 23.0 Å². The quantitative estimate of drug-likeness (QED) is 0.677. The van der Waals surface area contributed by atoms with Crippen molar-refractivity contribution in [1.82, 2.24) is 4.98 Å². The molecule has 0 aliphatic carbocycles. The van der Waals surface area contributed by atoms with Gasteiger partial charge in [0, 0.05) is 10.9 Å². The fourth-order valence-corrected chi connectivity index (χ4v) is 2.92. The predicted molar refractivity (Wildman–Crippen MR) is 102 cm³/mol. The zero-order valence-corrected chi connectivity index (χ0v) is 15.2. The van der Waals surface area contributed by atoms with Crippen LogP contribution in [0.2, 0.25) is 0 Å². The number of phenols is 1. The van der Waals surface area contributed by atoms with Crippen LogP contribution in [0, 0.1) is 12.3 Å². The van der Waals surface area contributed by atoms with Crippen molar-refractivity contribution in [2.24, 2.45) is 0 Å². The number of aliphatic hydroxyl groups is 1. The highest BCUT2D eigenvalue weighted by Crippen LogP contribution is 2.40. The molecule has 138 valence electrons. The van der Waals surface area contributed by atoms with E-state index in [1.165, 1.54) is 27.4 Å². The Bertz CT molecular complexity index is 1010. The van der Waals surface area contributed by atoms with Gasteiger partial charge >= 0.3 is 0 Å². The Morgan fingerprint density at radius 1 is 1.00 bits per heavy atom. The molecule has 1 unspecified atom stereocenters. The van der Waals surface area contributed by atoms with Gasteiger partial charge in [-0.15, -0.1) is 6.42 Å². The van der Waals surface area contributed by atoms with Gasteiger partial charge in [-0.2, -0.15) is 0 Å². The van der Waals surface area contributed by atoms with Crippen LogP contribution in [-0.4, -0.2) is 36.5 Å². The first-order chi connectivity index (χ1) is 13.0. The molecule has 6 nitrogen and oxygen atoms in total. The zero-order chi connectivity index (χ0) is 19.6. The normalized spacial score (nSPS) is 11.7. The van der Waals surface area contributed by atoms with Crippen molar-refractivity contribution in [3.63, 3.8) is 0 Å². The van der Waals surface area contributed by atoms with E-state index >= 15 is 0 Å². The molecule has 27 heavy (non-hydrogen) atoms. The predicted octanol–water partition coefficient (Wildman–Crippen LogP) is 3.03. The molecule has 1 heterocycles. The zero-order valence-electron chi connectivity index (χ0n) is 15.2. The lowest BCUT2D eigenvalue weighted by Crippen LogP contribution is -2.05. The fourth-order valence-electron chi connectivity index (χ4n) is 2.92. The third-order valence-corrected chi connectivity index (χ3v) is 4.25. The lowest BCUT2D eigenvalue weighted by molar-refractivity contribution is 0.214. The Labute approximate surface area is 157 Å². The largest absolute Gasteiger partial charge is 0.508 e. The van der Waals surface area contributed by atoms with Crippen LogP contribution in [0.4, 0.5) is 0 Å². The highest BCUT2D eigenvalue weighted by atomic mass is 16.5. The standard InChI is InChI=1S/C21H19NO5/c1-5-12-8-17(22-16-7-6-14(23)11-15(12)16)20(24)13-9-18(25-2)21(27-4)19(10-13)26-3/h1,6-11,20,23-24H,2-4H3. The summed E-state index contributed by atoms with van der Waals surface area (Å²) >= 11 is 0. The van der Waals surface area contributed by atoms with Crippen LogP contribution in [0.15, 0.2) is 36.4 Å². The number of fused-ring (bicyclic) bond motifs is 1. The van der Waals surface area contributed by atoms with Crippen molar-refractivity contribution < 1.29 is 24.4 Å². The molecule has 0 aliphatic rings. The third kappa shape index (κ3) is 3.33. The van der Waals surface area contributed by atoms with E-state index in [4.69, 9.17) is 20.6 Å². The highest BCUT2D eigenvalue weighted by Gasteiger charge is 2.20. The number of ether oxygens (including phenoxy) is 3. The number of hydrogen-bond acceptors (Lipinski definition) is 6. The van der Waals surface area contributed by atoms with E-state index in [9.17, 15) is 10.2 Å². The molecule has 0 saturated carbocycles. The highest BCUT2D eigenvalue weighted by molar-refractivity contribution is 5.86. The van der Waals surface area contributed by atoms with Gasteiger partial charge in [0.15, 0.2) is 11.5 Å². The molecule has 6 heteroatoms. The lowest BCUT2D eigenvalue weighted by Gasteiger charge is -2.17. The molecule has 0 radical (unpaired) electrons. The van der Waals surface area contributed by atoms with Gasteiger partial charge in [-0.3, -0.25) is 0 Å². The van der Waals surface area contributed by atoms with Gasteiger partial charge in [-0.1, -0.05) is 5.92 Å². The summed E-state index contributed by atoms with van der Waals surface area (Å²) in [7, 11) is 4.52. The topological polar surface area (TPSA) is 81.0 Å². The molecule has 3 aromatic rings. The number of methoxy groups -OCH3 is 3. The minimum Gasteiger partial charge on any atom is -0.508 e. The van der Waals surface area contributed by atoms with Crippen molar-refractivity contribution in [2.45, 2.75) is 6.10 Å². The van der Waals surface area contributed by atoms with Crippen molar-refractivity contribution in [3.8, 4) is 35.3 Å². The van der Waals surface area contributed by atoms with Gasteiger partial charge < -0.3 is 24.4 Å². The second kappa shape index (κ2) is 7.44. The number of rotatable bonds is 5. The molecular weight excluding hydrogens is 346 g/mol. The summed E-state index contributed by atoms with van der Waals surface area (Å²) < 4.78 is 16.0. The molecule has 2 aromatic carbocycles. The first kappa shape index (κ1) is 18.4. The van der Waals surface area contributed by atoms with Crippen molar-refractivity contribution in [2.75, 3.05) is 21.3 Å². The summed E-state index contributed by atoms with van der Waals surface area (Å²) in [6, 6.07) is 9.65. The van der Waals surface area contributed by atoms with E-state index in [2.05, 4.69) is 10.9 Å². The summed E-state index contributed by atoms with van der Waals surface area (Å²) in [5, 5.41) is 21.2. The molecule has 0 aliphatic heterocycles. The summed E-state index contributed by atoms with van der Waals surface area (Å²) in [6.45, 7) is 0. The van der Waals surface area contributed by atoms with Gasteiger partial charge in [-0.25, -0.2) is 4.98 Å². The third-order valence-electron chi connectivity index (χ3n) is 4.25. The van der Waals surface area contributed by atoms with Gasteiger partial charge in [0.2, 0.25) is 5.75 Å². The number of phenolic OH excluding ortho intramolecular Hbond substituents is 1. The fraction of sp³-hybridized carbons (Fsp3) is 0.190. The van der Waals surface area contributed by atoms with Crippen LogP contribution in [-0.2, 0) is 0 Å². The van der Waals surface area contributed by atoms with E-state index in [1.54, 1.807) is 30.3 Å². The van der Waals surface area contributed by atoms with Crippen molar-refractivity contribution in [3.05, 3.63) is 53.2 Å². The molecule has 2 N–H and O–H groups in total. The van der Waals surface area contributed by atoms with Gasteiger partial charge in [0.1, 0.15) is 11.9 Å². The maximum absolute atomic E-state index is 10.9. The summed E-state index contributed by atoms with van der Waals surface area (Å²) in [5.41, 5.74) is 1.98. The Hall–Kier alpha value is -3.43. The van der Waals surface area contributed by atoms with Gasteiger partial charge in [0.05, 0.1) is 32.5 Å². The van der Waals surface area contributed by atoms with Crippen LogP contribution in [0.1, 0.15) is 22.9 Å². The molecule has 0 fully saturated rings. The molecule has 1 atom stereocenters. The summed E-state index contributed by atoms with van der Waals surface area (Å²) in [6.07, 6.45) is 4.54. The van der Waals surface area contributed by atoms with Crippen molar-refractivity contribution >= 4 is 10.9 Å². The average Bonchev–Trinajstić information content (AvgIpc) is 2.71. The SMILES string of the molecule is C#Cc1cc(C(O)c2cc(OC)c(OC)c(OC)c2)nc2ccc(O)cc12. The smallest absolute Gasteiger partial charge is 0.203 e. The maximum Gasteiger partial charge on any atom is 0.203 e. The average molecular weight is 365 g/mol. The summed E-state index contributed by atoms with van der Waals surface area (Å²) in [4.78, 5) is 4.49. The van der Waals surface area contributed by atoms with E-state index in [0.717, 1.165) is 0 Å². The Morgan fingerprint density at radius 3 is 2.22 bits per heavy atom. The number of aromatic nitrogens is 1. The number of pyridine rings is 1. The second-order valence-electron chi connectivity index (χ2n) is 5.80. The number of aliphatic hydroxyl groups excluding tert-OH is 1. The molecule has 0 spiro atoms. The van der Waals surface area contributed by atoms with Crippen LogP contribution in [0.3, 0.4) is 0 Å². The van der Waals surface area contributed by atoms with E-state index in [1.807, 2.05) is 0 Å². The van der Waals surface area contributed by atoms with Gasteiger partial charge in [0.25, 0.3) is 0 Å². The minimum absolute atomic E-state index is 0.0960. The first-order valence-electron chi connectivity index (χ1n) is 8.10. The number of nitrogens with zero attached hydrogens (tertiary/aromatic N) is 1. The summed E-state index contributed by atoms with van der Waals surface area (Å²) in [5.74, 6) is 3.95. The van der Waals surface area contributed by atoms with E-state index in [-0.39, 0.29) is 5.75 Å².